The summed E-state index contributed by atoms with van der Waals surface area (Å²) in [5.41, 5.74) is 2.38. The van der Waals surface area contributed by atoms with Crippen LogP contribution < -0.4 is 15.4 Å². The van der Waals surface area contributed by atoms with Crippen LogP contribution in [0, 0.1) is 5.82 Å². The van der Waals surface area contributed by atoms with Crippen LogP contribution in [0.25, 0.3) is 5.57 Å². The Morgan fingerprint density at radius 1 is 1.25 bits per heavy atom. The smallest absolute Gasteiger partial charge is 0.257 e. The molecule has 0 saturated carbocycles. The predicted octanol–water partition coefficient (Wildman–Crippen LogP) is 3.65. The van der Waals surface area contributed by atoms with Crippen molar-refractivity contribution < 1.29 is 18.3 Å². The zero-order valence-electron chi connectivity index (χ0n) is 15.3. The van der Waals surface area contributed by atoms with Gasteiger partial charge >= 0.3 is 0 Å². The van der Waals surface area contributed by atoms with Gasteiger partial charge in [0.05, 0.1) is 11.3 Å². The van der Waals surface area contributed by atoms with Gasteiger partial charge in [-0.1, -0.05) is 0 Å². The first-order valence-corrected chi connectivity index (χ1v) is 9.26. The van der Waals surface area contributed by atoms with Crippen LogP contribution in [0.3, 0.4) is 0 Å². The van der Waals surface area contributed by atoms with Crippen LogP contribution in [0.1, 0.15) is 12.0 Å². The molecule has 28 heavy (non-hydrogen) atoms. The molecule has 0 spiro atoms. The Balaban J connectivity index is 1.32. The fourth-order valence-electron chi connectivity index (χ4n) is 3.39. The van der Waals surface area contributed by atoms with Crippen molar-refractivity contribution in [2.45, 2.75) is 12.6 Å². The van der Waals surface area contributed by atoms with Crippen LogP contribution in [0.2, 0.25) is 0 Å². The highest BCUT2D eigenvalue weighted by Gasteiger charge is 2.24. The number of hydrogen-bond donors (Lipinski definition) is 2. The number of anilines is 2. The van der Waals surface area contributed by atoms with Crippen molar-refractivity contribution in [3.8, 4) is 5.75 Å². The number of halogens is 2. The number of hydrogen-bond acceptors (Lipinski definition) is 4. The minimum Gasteiger partial charge on any atom is -0.492 e. The summed E-state index contributed by atoms with van der Waals surface area (Å²) in [4.78, 5) is 14.1. The number of amides is 1. The second kappa shape index (κ2) is 7.98. The van der Waals surface area contributed by atoms with Crippen molar-refractivity contribution in [3.05, 3.63) is 60.0 Å². The molecule has 1 amide bonds. The Morgan fingerprint density at radius 3 is 2.82 bits per heavy atom. The van der Waals surface area contributed by atoms with E-state index in [9.17, 15) is 13.6 Å². The lowest BCUT2D eigenvalue weighted by molar-refractivity contribution is -0.110. The van der Waals surface area contributed by atoms with E-state index >= 15 is 0 Å². The highest BCUT2D eigenvalue weighted by Crippen LogP contribution is 2.32. The van der Waals surface area contributed by atoms with Gasteiger partial charge in [0, 0.05) is 37.1 Å². The Hall–Kier alpha value is -2.93. The molecule has 2 aliphatic rings. The van der Waals surface area contributed by atoms with Gasteiger partial charge in [-0.25, -0.2) is 8.78 Å². The number of nitrogens with zero attached hydrogens (tertiary/aromatic N) is 1. The second-order valence-corrected chi connectivity index (χ2v) is 6.91. The van der Waals surface area contributed by atoms with E-state index in [1.54, 1.807) is 12.3 Å². The summed E-state index contributed by atoms with van der Waals surface area (Å²) in [6.45, 7) is 2.49. The topological polar surface area (TPSA) is 53.6 Å². The van der Waals surface area contributed by atoms with Crippen molar-refractivity contribution in [2.24, 2.45) is 0 Å². The minimum atomic E-state index is -0.715. The lowest BCUT2D eigenvalue weighted by Gasteiger charge is -2.15. The van der Waals surface area contributed by atoms with E-state index in [0.717, 1.165) is 18.0 Å². The summed E-state index contributed by atoms with van der Waals surface area (Å²) in [6, 6.07) is 11.6. The van der Waals surface area contributed by atoms with Crippen molar-refractivity contribution in [2.75, 3.05) is 36.9 Å². The van der Waals surface area contributed by atoms with Gasteiger partial charge in [-0.05, 0) is 48.9 Å². The molecule has 2 aliphatic heterocycles. The van der Waals surface area contributed by atoms with Crippen LogP contribution in [-0.2, 0) is 4.79 Å². The molecule has 2 aromatic rings. The van der Waals surface area contributed by atoms with E-state index in [0.29, 0.717) is 42.9 Å². The highest BCUT2D eigenvalue weighted by atomic mass is 19.1. The third-order valence-corrected chi connectivity index (χ3v) is 4.89. The molecule has 4 rings (SSSR count). The number of rotatable bonds is 6. The van der Waals surface area contributed by atoms with Gasteiger partial charge in [-0.3, -0.25) is 9.69 Å². The Kier molecular flexibility index (Phi) is 5.25. The first-order valence-electron chi connectivity index (χ1n) is 9.26. The molecule has 1 atom stereocenters. The van der Waals surface area contributed by atoms with Gasteiger partial charge in [-0.2, -0.15) is 0 Å². The number of alkyl halides is 1. The number of likely N-dealkylation sites (tertiary alicyclic amines) is 1. The fraction of sp³-hybridized carbons (Fsp3) is 0.286. The molecule has 0 aromatic heterocycles. The standard InChI is InChI=1S/C21H21F2N3O2/c22-14-1-6-18-19(21(27)25-20(18)11-14)12-24-16-2-4-17(5-3-16)28-10-9-26-8-7-15(23)13-26/h1-6,11-12,15,24H,7-10,13H2,(H,25,27)/b19-12+. The van der Waals surface area contributed by atoms with Crippen LogP contribution in [0.15, 0.2) is 48.7 Å². The van der Waals surface area contributed by atoms with E-state index in [-0.39, 0.29) is 5.91 Å². The Morgan fingerprint density at radius 2 is 2.07 bits per heavy atom. The zero-order valence-corrected chi connectivity index (χ0v) is 15.3. The maximum atomic E-state index is 13.3. The molecule has 1 fully saturated rings. The van der Waals surface area contributed by atoms with E-state index in [2.05, 4.69) is 15.5 Å². The quantitative estimate of drug-likeness (QED) is 0.746. The molecular weight excluding hydrogens is 364 g/mol. The number of nitrogens with one attached hydrogen (secondary N) is 2. The maximum absolute atomic E-state index is 13.3. The third-order valence-electron chi connectivity index (χ3n) is 4.89. The molecule has 2 N–H and O–H groups in total. The maximum Gasteiger partial charge on any atom is 0.257 e. The number of carbonyl (C=O) groups is 1. The van der Waals surface area contributed by atoms with Gasteiger partial charge in [-0.15, -0.1) is 0 Å². The summed E-state index contributed by atoms with van der Waals surface area (Å²) in [7, 11) is 0. The van der Waals surface area contributed by atoms with Gasteiger partial charge < -0.3 is 15.4 Å². The minimum absolute atomic E-state index is 0.273. The Labute approximate surface area is 162 Å². The molecule has 7 heteroatoms. The SMILES string of the molecule is O=C1Nc2cc(F)ccc2/C1=C\Nc1ccc(OCCN2CCC(F)C2)cc1. The van der Waals surface area contributed by atoms with Crippen molar-refractivity contribution in [1.82, 2.24) is 4.90 Å². The Bertz CT molecular complexity index is 899. The summed E-state index contributed by atoms with van der Waals surface area (Å²) in [5, 5.41) is 5.73. The van der Waals surface area contributed by atoms with E-state index in [4.69, 9.17) is 4.74 Å². The highest BCUT2D eigenvalue weighted by molar-refractivity contribution is 6.31. The third kappa shape index (κ3) is 4.14. The van der Waals surface area contributed by atoms with Gasteiger partial charge in [0.25, 0.3) is 5.91 Å². The van der Waals surface area contributed by atoms with Gasteiger partial charge in [0.2, 0.25) is 0 Å². The molecule has 0 radical (unpaired) electrons. The van der Waals surface area contributed by atoms with Crippen molar-refractivity contribution in [3.63, 3.8) is 0 Å². The lowest BCUT2D eigenvalue weighted by atomic mass is 10.1. The molecule has 2 heterocycles. The molecule has 2 aromatic carbocycles. The summed E-state index contributed by atoms with van der Waals surface area (Å²) in [5.74, 6) is 0.0669. The molecular formula is C21H21F2N3O2. The van der Waals surface area contributed by atoms with Gasteiger partial charge in [0.15, 0.2) is 0 Å². The number of carbonyl (C=O) groups excluding carboxylic acids is 1. The summed E-state index contributed by atoms with van der Waals surface area (Å²) < 4.78 is 32.1. The monoisotopic (exact) mass is 385 g/mol. The van der Waals surface area contributed by atoms with Crippen molar-refractivity contribution >= 4 is 22.9 Å². The van der Waals surface area contributed by atoms with Gasteiger partial charge in [0.1, 0.15) is 24.3 Å². The average Bonchev–Trinajstić information content (AvgIpc) is 3.23. The second-order valence-electron chi connectivity index (χ2n) is 6.91. The van der Waals surface area contributed by atoms with E-state index < -0.39 is 12.0 Å². The van der Waals surface area contributed by atoms with E-state index in [1.165, 1.54) is 12.1 Å². The normalized spacial score (nSPS) is 20.3. The number of fused-ring (bicyclic) bond motifs is 1. The molecule has 5 nitrogen and oxygen atoms in total. The first kappa shape index (κ1) is 18.4. The summed E-state index contributed by atoms with van der Waals surface area (Å²) in [6.07, 6.45) is 1.50. The number of benzene rings is 2. The zero-order chi connectivity index (χ0) is 19.5. The van der Waals surface area contributed by atoms with E-state index in [1.807, 2.05) is 24.3 Å². The molecule has 0 aliphatic carbocycles. The predicted molar refractivity (Wildman–Crippen MR) is 105 cm³/mol. The average molecular weight is 385 g/mol. The number of ether oxygens (including phenoxy) is 1. The van der Waals surface area contributed by atoms with Crippen LogP contribution in [-0.4, -0.2) is 43.2 Å². The molecule has 0 bridgehead atoms. The fourth-order valence-corrected chi connectivity index (χ4v) is 3.39. The molecule has 1 saturated heterocycles. The van der Waals surface area contributed by atoms with Crippen molar-refractivity contribution in [1.29, 1.82) is 0 Å². The molecule has 1 unspecified atom stereocenters. The first-order chi connectivity index (χ1) is 13.6. The molecule has 146 valence electrons. The van der Waals surface area contributed by atoms with Crippen LogP contribution in [0.4, 0.5) is 20.2 Å². The van der Waals surface area contributed by atoms with Crippen LogP contribution >= 0.6 is 0 Å². The lowest BCUT2D eigenvalue weighted by Crippen LogP contribution is -2.26. The largest absolute Gasteiger partial charge is 0.492 e. The summed E-state index contributed by atoms with van der Waals surface area (Å²) >= 11 is 0. The van der Waals surface area contributed by atoms with Crippen LogP contribution in [0.5, 0.6) is 5.75 Å².